The molecule has 5 heteroatoms. The molecule has 3 atom stereocenters. The van der Waals surface area contributed by atoms with Crippen molar-refractivity contribution in [1.29, 1.82) is 0 Å². The number of aromatic nitrogens is 1. The first-order valence-corrected chi connectivity index (χ1v) is 8.87. The van der Waals surface area contributed by atoms with Crippen molar-refractivity contribution in [2.24, 2.45) is 11.8 Å². The monoisotopic (exact) mass is 308 g/mol. The summed E-state index contributed by atoms with van der Waals surface area (Å²) in [6, 6.07) is 0.494. The van der Waals surface area contributed by atoms with Crippen LogP contribution in [0, 0.1) is 11.8 Å². The van der Waals surface area contributed by atoms with Gasteiger partial charge in [0.05, 0.1) is 5.69 Å². The Morgan fingerprint density at radius 1 is 1.33 bits per heavy atom. The molecule has 116 valence electrons. The number of nitrogens with zero attached hydrogens (tertiary/aromatic N) is 1. The summed E-state index contributed by atoms with van der Waals surface area (Å²) in [5.41, 5.74) is 0.812. The average molecular weight is 308 g/mol. The molecule has 0 aromatic carbocycles. The van der Waals surface area contributed by atoms with Gasteiger partial charge in [0.25, 0.3) is 0 Å². The first-order chi connectivity index (χ1) is 10.1. The third kappa shape index (κ3) is 2.93. The molecule has 1 aromatic heterocycles. The largest absolute Gasteiger partial charge is 0.481 e. The van der Waals surface area contributed by atoms with E-state index in [9.17, 15) is 9.90 Å². The van der Waals surface area contributed by atoms with Gasteiger partial charge in [-0.1, -0.05) is 26.7 Å². The van der Waals surface area contributed by atoms with Gasteiger partial charge in [-0.15, -0.1) is 11.3 Å². The van der Waals surface area contributed by atoms with Crippen LogP contribution in [0.15, 0.2) is 0 Å². The molecule has 3 unspecified atom stereocenters. The molecule has 0 amide bonds. The van der Waals surface area contributed by atoms with Gasteiger partial charge in [-0.3, -0.25) is 4.79 Å². The lowest BCUT2D eigenvalue weighted by atomic mass is 9.78. The van der Waals surface area contributed by atoms with E-state index in [2.05, 4.69) is 24.1 Å². The van der Waals surface area contributed by atoms with Crippen LogP contribution in [0.25, 0.3) is 0 Å². The summed E-state index contributed by atoms with van der Waals surface area (Å²) in [5, 5.41) is 13.8. The van der Waals surface area contributed by atoms with E-state index in [-0.39, 0.29) is 5.92 Å². The number of aliphatic carboxylic acids is 1. The molecule has 1 heterocycles. The third-order valence-electron chi connectivity index (χ3n) is 5.00. The van der Waals surface area contributed by atoms with Gasteiger partial charge in [-0.2, -0.15) is 0 Å². The predicted molar refractivity (Wildman–Crippen MR) is 85.0 cm³/mol. The summed E-state index contributed by atoms with van der Waals surface area (Å²) < 4.78 is 0. The van der Waals surface area contributed by atoms with E-state index < -0.39 is 5.97 Å². The number of carbonyl (C=O) groups is 1. The van der Waals surface area contributed by atoms with Crippen LogP contribution in [0.2, 0.25) is 0 Å². The van der Waals surface area contributed by atoms with Gasteiger partial charge in [-0.05, 0) is 37.5 Å². The number of aryl methyl sites for hydroxylation is 1. The normalized spacial score (nSPS) is 28.6. The highest BCUT2D eigenvalue weighted by Gasteiger charge is 2.33. The summed E-state index contributed by atoms with van der Waals surface area (Å²) in [7, 11) is 0. The first-order valence-electron chi connectivity index (χ1n) is 8.05. The molecular formula is C16H24N2O2S. The zero-order chi connectivity index (χ0) is 15.0. The van der Waals surface area contributed by atoms with Gasteiger partial charge >= 0.3 is 5.97 Å². The van der Waals surface area contributed by atoms with E-state index in [1.165, 1.54) is 30.6 Å². The second kappa shape index (κ2) is 5.95. The first kappa shape index (κ1) is 14.8. The Bertz CT molecular complexity index is 526. The van der Waals surface area contributed by atoms with Crippen LogP contribution in [0.5, 0.6) is 0 Å². The minimum Gasteiger partial charge on any atom is -0.481 e. The van der Waals surface area contributed by atoms with Crippen LogP contribution >= 0.6 is 11.3 Å². The topological polar surface area (TPSA) is 62.2 Å². The van der Waals surface area contributed by atoms with E-state index in [0.29, 0.717) is 24.3 Å². The van der Waals surface area contributed by atoms with Gasteiger partial charge in [0.1, 0.15) is 5.92 Å². The van der Waals surface area contributed by atoms with Crippen LogP contribution in [0.3, 0.4) is 0 Å². The van der Waals surface area contributed by atoms with Crippen molar-refractivity contribution in [3.05, 3.63) is 10.6 Å². The smallest absolute Gasteiger partial charge is 0.312 e. The molecule has 0 spiro atoms. The number of anilines is 1. The van der Waals surface area contributed by atoms with E-state index in [1.807, 2.05) is 0 Å². The fourth-order valence-corrected chi connectivity index (χ4v) is 4.92. The van der Waals surface area contributed by atoms with Crippen LogP contribution in [0.4, 0.5) is 5.13 Å². The van der Waals surface area contributed by atoms with Crippen molar-refractivity contribution >= 4 is 22.4 Å². The van der Waals surface area contributed by atoms with Crippen LogP contribution in [-0.4, -0.2) is 22.1 Å². The fourth-order valence-electron chi connectivity index (χ4n) is 3.82. The van der Waals surface area contributed by atoms with Gasteiger partial charge < -0.3 is 10.4 Å². The van der Waals surface area contributed by atoms with E-state index >= 15 is 0 Å². The Kier molecular flexibility index (Phi) is 4.20. The number of rotatable bonds is 4. The maximum Gasteiger partial charge on any atom is 0.312 e. The molecule has 0 bridgehead atoms. The lowest BCUT2D eigenvalue weighted by Crippen LogP contribution is -2.35. The van der Waals surface area contributed by atoms with E-state index in [0.717, 1.165) is 17.2 Å². The zero-order valence-corrected chi connectivity index (χ0v) is 13.6. The van der Waals surface area contributed by atoms with Gasteiger partial charge in [0.2, 0.25) is 0 Å². The zero-order valence-electron chi connectivity index (χ0n) is 12.8. The Hall–Kier alpha value is -1.10. The Labute approximate surface area is 130 Å². The Morgan fingerprint density at radius 3 is 2.81 bits per heavy atom. The fraction of sp³-hybridized carbons (Fsp3) is 0.750. The van der Waals surface area contributed by atoms with Crippen molar-refractivity contribution in [3.63, 3.8) is 0 Å². The van der Waals surface area contributed by atoms with Gasteiger partial charge in [0, 0.05) is 10.9 Å². The molecule has 0 radical (unpaired) electrons. The predicted octanol–water partition coefficient (Wildman–Crippen LogP) is 3.88. The lowest BCUT2D eigenvalue weighted by molar-refractivity contribution is -0.138. The minimum atomic E-state index is -0.733. The summed E-state index contributed by atoms with van der Waals surface area (Å²) in [6.45, 7) is 4.60. The quantitative estimate of drug-likeness (QED) is 0.886. The highest BCUT2D eigenvalue weighted by Crippen LogP contribution is 2.40. The Balaban J connectivity index is 1.74. The summed E-state index contributed by atoms with van der Waals surface area (Å²) in [6.07, 6.45) is 6.68. The molecule has 3 rings (SSSR count). The third-order valence-corrected chi connectivity index (χ3v) is 6.06. The minimum absolute atomic E-state index is 0.390. The van der Waals surface area contributed by atoms with Crippen molar-refractivity contribution < 1.29 is 9.90 Å². The number of thiazole rings is 1. The van der Waals surface area contributed by atoms with Crippen molar-refractivity contribution in [2.75, 3.05) is 5.32 Å². The number of nitrogens with one attached hydrogen (secondary N) is 1. The maximum absolute atomic E-state index is 11.2. The summed E-state index contributed by atoms with van der Waals surface area (Å²) >= 11 is 1.66. The van der Waals surface area contributed by atoms with Crippen molar-refractivity contribution in [1.82, 2.24) is 4.98 Å². The molecule has 1 aromatic rings. The molecule has 4 nitrogen and oxygen atoms in total. The molecule has 0 aliphatic heterocycles. The molecule has 2 N–H and O–H groups in total. The SMILES string of the molecule is CC(C)C1CCCCC1Nc1nc2c(s1)CCC2C(=O)O. The standard InChI is InChI=1S/C16H24N2O2S/c1-9(2)10-5-3-4-6-12(10)17-16-18-14-11(15(19)20)7-8-13(14)21-16/h9-12H,3-8H2,1-2H3,(H,17,18)(H,19,20). The molecule has 1 fully saturated rings. The second-order valence-electron chi connectivity index (χ2n) is 6.70. The lowest BCUT2D eigenvalue weighted by Gasteiger charge is -2.34. The number of hydrogen-bond donors (Lipinski definition) is 2. The van der Waals surface area contributed by atoms with Crippen molar-refractivity contribution in [2.45, 2.75) is 64.3 Å². The number of carboxylic acids is 1. The molecule has 0 saturated heterocycles. The van der Waals surface area contributed by atoms with E-state index in [1.54, 1.807) is 11.3 Å². The number of hydrogen-bond acceptors (Lipinski definition) is 4. The molecule has 21 heavy (non-hydrogen) atoms. The molecule has 1 saturated carbocycles. The molecule has 2 aliphatic carbocycles. The number of carboxylic acid groups (broad SMARTS) is 1. The molecular weight excluding hydrogens is 284 g/mol. The number of fused-ring (bicyclic) bond motifs is 1. The highest BCUT2D eigenvalue weighted by molar-refractivity contribution is 7.15. The Morgan fingerprint density at radius 2 is 2.10 bits per heavy atom. The van der Waals surface area contributed by atoms with Crippen LogP contribution in [-0.2, 0) is 11.2 Å². The maximum atomic E-state index is 11.2. The van der Waals surface area contributed by atoms with Gasteiger partial charge in [0.15, 0.2) is 5.13 Å². The van der Waals surface area contributed by atoms with Crippen LogP contribution < -0.4 is 5.32 Å². The highest BCUT2D eigenvalue weighted by atomic mass is 32.1. The average Bonchev–Trinajstić information content (AvgIpc) is 2.98. The summed E-state index contributed by atoms with van der Waals surface area (Å²) in [4.78, 5) is 17.0. The summed E-state index contributed by atoms with van der Waals surface area (Å²) in [5.74, 6) is 0.261. The van der Waals surface area contributed by atoms with Crippen molar-refractivity contribution in [3.8, 4) is 0 Å². The second-order valence-corrected chi connectivity index (χ2v) is 7.78. The van der Waals surface area contributed by atoms with Crippen LogP contribution in [0.1, 0.15) is 62.4 Å². The molecule has 2 aliphatic rings. The van der Waals surface area contributed by atoms with E-state index in [4.69, 9.17) is 0 Å². The van der Waals surface area contributed by atoms with Gasteiger partial charge in [-0.25, -0.2) is 4.98 Å².